The summed E-state index contributed by atoms with van der Waals surface area (Å²) in [6.07, 6.45) is 1.65. The summed E-state index contributed by atoms with van der Waals surface area (Å²) < 4.78 is 16.1. The molecule has 0 unspecified atom stereocenters. The van der Waals surface area contributed by atoms with Gasteiger partial charge in [-0.2, -0.15) is 0 Å². The number of nitrogens with zero attached hydrogens (tertiary/aromatic N) is 1. The van der Waals surface area contributed by atoms with Gasteiger partial charge in [0.25, 0.3) is 5.56 Å². The van der Waals surface area contributed by atoms with Gasteiger partial charge in [0.15, 0.2) is 0 Å². The Hall–Kier alpha value is -3.28. The maximum Gasteiger partial charge on any atom is 0.262 e. The predicted molar refractivity (Wildman–Crippen MR) is 95.4 cm³/mol. The number of aryl methyl sites for hydroxylation is 1. The van der Waals surface area contributed by atoms with Crippen molar-refractivity contribution in [3.05, 3.63) is 52.5 Å². The molecule has 126 valence electrons. The molecule has 0 aliphatic rings. The van der Waals surface area contributed by atoms with Crippen molar-refractivity contribution in [1.82, 2.24) is 9.97 Å². The van der Waals surface area contributed by atoms with Gasteiger partial charge in [0.1, 0.15) is 28.3 Å². The molecule has 0 atom stereocenters. The number of methoxy groups -OCH3 is 2. The Morgan fingerprint density at radius 3 is 2.72 bits per heavy atom. The molecule has 2 heterocycles. The zero-order valence-corrected chi connectivity index (χ0v) is 14.0. The molecule has 6 nitrogen and oxygen atoms in total. The normalized spacial score (nSPS) is 11.2. The van der Waals surface area contributed by atoms with Crippen molar-refractivity contribution in [2.24, 2.45) is 0 Å². The van der Waals surface area contributed by atoms with Crippen LogP contribution in [0.15, 0.2) is 45.8 Å². The van der Waals surface area contributed by atoms with E-state index in [9.17, 15) is 4.79 Å². The molecule has 0 fully saturated rings. The Kier molecular flexibility index (Phi) is 3.46. The van der Waals surface area contributed by atoms with Gasteiger partial charge in [-0.25, -0.2) is 4.98 Å². The minimum atomic E-state index is -0.260. The summed E-state index contributed by atoms with van der Waals surface area (Å²) in [6.45, 7) is 1.96. The second-order valence-electron chi connectivity index (χ2n) is 5.77. The zero-order chi connectivity index (χ0) is 17.6. The van der Waals surface area contributed by atoms with Crippen LogP contribution in [0, 0.1) is 6.92 Å². The highest BCUT2D eigenvalue weighted by atomic mass is 16.5. The molecular formula is C19H16N2O4. The number of nitrogens with one attached hydrogen (secondary N) is 1. The molecule has 0 bridgehead atoms. The quantitative estimate of drug-likeness (QED) is 0.618. The van der Waals surface area contributed by atoms with E-state index in [-0.39, 0.29) is 5.56 Å². The smallest absolute Gasteiger partial charge is 0.262 e. The molecule has 0 spiro atoms. The van der Waals surface area contributed by atoms with Gasteiger partial charge >= 0.3 is 0 Å². The van der Waals surface area contributed by atoms with Crippen LogP contribution in [0.4, 0.5) is 0 Å². The molecule has 0 amide bonds. The fraction of sp³-hybridized carbons (Fsp3) is 0.158. The van der Waals surface area contributed by atoms with Crippen LogP contribution in [0.1, 0.15) is 5.56 Å². The van der Waals surface area contributed by atoms with E-state index in [1.807, 2.05) is 25.1 Å². The summed E-state index contributed by atoms with van der Waals surface area (Å²) >= 11 is 0. The lowest BCUT2D eigenvalue weighted by molar-refractivity contribution is 0.397. The van der Waals surface area contributed by atoms with Crippen LogP contribution in [0.3, 0.4) is 0 Å². The fourth-order valence-corrected chi connectivity index (χ4v) is 3.02. The number of hydrogen-bond acceptors (Lipinski definition) is 5. The average molecular weight is 336 g/mol. The molecule has 2 aromatic carbocycles. The van der Waals surface area contributed by atoms with E-state index in [0.29, 0.717) is 28.2 Å². The highest BCUT2D eigenvalue weighted by Crippen LogP contribution is 2.30. The van der Waals surface area contributed by atoms with Crippen LogP contribution in [-0.2, 0) is 0 Å². The summed E-state index contributed by atoms with van der Waals surface area (Å²) in [6, 6.07) is 9.15. The lowest BCUT2D eigenvalue weighted by Crippen LogP contribution is -2.11. The lowest BCUT2D eigenvalue weighted by Gasteiger charge is -2.09. The van der Waals surface area contributed by atoms with E-state index < -0.39 is 0 Å². The number of H-pyrrole nitrogens is 1. The van der Waals surface area contributed by atoms with Gasteiger partial charge in [-0.1, -0.05) is 0 Å². The van der Waals surface area contributed by atoms with E-state index in [2.05, 4.69) is 9.97 Å². The van der Waals surface area contributed by atoms with Crippen molar-refractivity contribution in [3.8, 4) is 22.9 Å². The molecule has 0 saturated heterocycles. The molecule has 0 aliphatic heterocycles. The Morgan fingerprint density at radius 1 is 1.12 bits per heavy atom. The number of fused-ring (bicyclic) bond motifs is 2. The fourth-order valence-electron chi connectivity index (χ4n) is 3.02. The molecule has 25 heavy (non-hydrogen) atoms. The first kappa shape index (κ1) is 15.3. The van der Waals surface area contributed by atoms with E-state index in [0.717, 1.165) is 22.1 Å². The predicted octanol–water partition coefficient (Wildman–Crippen LogP) is 3.66. The van der Waals surface area contributed by atoms with Crippen molar-refractivity contribution >= 4 is 21.9 Å². The number of aromatic nitrogens is 2. The largest absolute Gasteiger partial charge is 0.497 e. The summed E-state index contributed by atoms with van der Waals surface area (Å²) in [5.41, 5.74) is 2.87. The van der Waals surface area contributed by atoms with Crippen LogP contribution < -0.4 is 15.0 Å². The second kappa shape index (κ2) is 5.66. The van der Waals surface area contributed by atoms with Gasteiger partial charge in [0.05, 0.1) is 26.0 Å². The third kappa shape index (κ3) is 2.42. The second-order valence-corrected chi connectivity index (χ2v) is 5.77. The highest BCUT2D eigenvalue weighted by molar-refractivity contribution is 5.89. The van der Waals surface area contributed by atoms with Crippen molar-refractivity contribution in [2.75, 3.05) is 14.2 Å². The average Bonchev–Trinajstić information content (AvgIpc) is 3.09. The van der Waals surface area contributed by atoms with Gasteiger partial charge in [-0.05, 0) is 30.7 Å². The third-order valence-corrected chi connectivity index (χ3v) is 4.21. The zero-order valence-electron chi connectivity index (χ0n) is 14.0. The van der Waals surface area contributed by atoms with Gasteiger partial charge < -0.3 is 18.9 Å². The third-order valence-electron chi connectivity index (χ3n) is 4.21. The molecule has 0 radical (unpaired) electrons. The van der Waals surface area contributed by atoms with Gasteiger partial charge in [0.2, 0.25) is 0 Å². The summed E-state index contributed by atoms with van der Waals surface area (Å²) in [5.74, 6) is 1.49. The molecule has 4 aromatic rings. The number of benzene rings is 2. The molecule has 6 heteroatoms. The molecule has 4 rings (SSSR count). The Balaban J connectivity index is 2.00. The van der Waals surface area contributed by atoms with E-state index in [1.54, 1.807) is 25.5 Å². The SMILES string of the molecule is COc1cc(OC)c2c(=O)[nH]c(-c3cc(C)c4occc4c3)nc2c1. The van der Waals surface area contributed by atoms with E-state index in [4.69, 9.17) is 13.9 Å². The summed E-state index contributed by atoms with van der Waals surface area (Å²) in [5, 5.41) is 1.36. The molecular weight excluding hydrogens is 320 g/mol. The molecule has 0 aliphatic carbocycles. The standard InChI is InChI=1S/C19H16N2O4/c1-10-6-12(7-11-4-5-25-17(10)11)18-20-14-8-13(23-2)9-15(24-3)16(14)19(22)21-18/h4-9H,1-3H3,(H,20,21,22). The van der Waals surface area contributed by atoms with Crippen molar-refractivity contribution in [2.45, 2.75) is 6.92 Å². The molecule has 0 saturated carbocycles. The monoisotopic (exact) mass is 336 g/mol. The van der Waals surface area contributed by atoms with Gasteiger partial charge in [-0.15, -0.1) is 0 Å². The lowest BCUT2D eigenvalue weighted by atomic mass is 10.1. The topological polar surface area (TPSA) is 77.4 Å². The highest BCUT2D eigenvalue weighted by Gasteiger charge is 2.14. The number of furan rings is 1. The first-order valence-corrected chi connectivity index (χ1v) is 7.75. The number of ether oxygens (including phenoxy) is 2. The molecule has 1 N–H and O–H groups in total. The van der Waals surface area contributed by atoms with Crippen LogP contribution in [0.25, 0.3) is 33.3 Å². The Bertz CT molecular complexity index is 1160. The number of rotatable bonds is 3. The van der Waals surface area contributed by atoms with Crippen LogP contribution in [0.2, 0.25) is 0 Å². The van der Waals surface area contributed by atoms with Crippen molar-refractivity contribution in [3.63, 3.8) is 0 Å². The maximum atomic E-state index is 12.6. The Labute approximate surface area is 143 Å². The van der Waals surface area contributed by atoms with Crippen LogP contribution >= 0.6 is 0 Å². The molecule has 2 aromatic heterocycles. The first-order chi connectivity index (χ1) is 12.1. The van der Waals surface area contributed by atoms with E-state index in [1.165, 1.54) is 7.11 Å². The summed E-state index contributed by atoms with van der Waals surface area (Å²) in [4.78, 5) is 20.1. The van der Waals surface area contributed by atoms with Crippen LogP contribution in [0.5, 0.6) is 11.5 Å². The minimum absolute atomic E-state index is 0.260. The maximum absolute atomic E-state index is 12.6. The van der Waals surface area contributed by atoms with Crippen LogP contribution in [-0.4, -0.2) is 24.2 Å². The summed E-state index contributed by atoms with van der Waals surface area (Å²) in [7, 11) is 3.07. The van der Waals surface area contributed by atoms with Crippen molar-refractivity contribution in [1.29, 1.82) is 0 Å². The number of aromatic amines is 1. The van der Waals surface area contributed by atoms with Gasteiger partial charge in [0, 0.05) is 23.1 Å². The van der Waals surface area contributed by atoms with Gasteiger partial charge in [-0.3, -0.25) is 4.79 Å². The Morgan fingerprint density at radius 2 is 1.96 bits per heavy atom. The minimum Gasteiger partial charge on any atom is -0.497 e. The van der Waals surface area contributed by atoms with E-state index >= 15 is 0 Å². The first-order valence-electron chi connectivity index (χ1n) is 7.75. The van der Waals surface area contributed by atoms with Crippen molar-refractivity contribution < 1.29 is 13.9 Å². The number of hydrogen-bond donors (Lipinski definition) is 1.